The van der Waals surface area contributed by atoms with Crippen molar-refractivity contribution in [2.45, 2.75) is 31.7 Å². The minimum Gasteiger partial charge on any atom is -0.370 e. The van der Waals surface area contributed by atoms with Crippen molar-refractivity contribution in [1.82, 2.24) is 10.6 Å². The molecule has 0 atom stereocenters. The average Bonchev–Trinajstić information content (AvgIpc) is 2.96. The summed E-state index contributed by atoms with van der Waals surface area (Å²) in [6, 6.07) is 7.75. The summed E-state index contributed by atoms with van der Waals surface area (Å²) in [5.74, 6) is 0.368. The number of nitrogens with one attached hydrogen (secondary N) is 2. The van der Waals surface area contributed by atoms with Gasteiger partial charge in [0.15, 0.2) is 5.96 Å². The number of hydrogen-bond donors (Lipinski definition) is 3. The molecule has 4 N–H and O–H groups in total. The van der Waals surface area contributed by atoms with E-state index >= 15 is 0 Å². The van der Waals surface area contributed by atoms with E-state index in [0.717, 1.165) is 17.3 Å². The van der Waals surface area contributed by atoms with E-state index in [1.165, 1.54) is 12.8 Å². The van der Waals surface area contributed by atoms with Crippen LogP contribution < -0.4 is 16.4 Å². The first-order chi connectivity index (χ1) is 10.1. The van der Waals surface area contributed by atoms with Gasteiger partial charge in [0.05, 0.1) is 6.54 Å². The SMILES string of the molecule is NC(=NCCNC(=O)c1cccc(Br)c1)NC1CCCC1. The van der Waals surface area contributed by atoms with E-state index in [-0.39, 0.29) is 5.91 Å². The van der Waals surface area contributed by atoms with Gasteiger partial charge in [-0.1, -0.05) is 34.8 Å². The van der Waals surface area contributed by atoms with Crippen LogP contribution in [0.1, 0.15) is 36.0 Å². The molecule has 0 spiro atoms. The second-order valence-electron chi connectivity index (χ2n) is 5.16. The lowest BCUT2D eigenvalue weighted by atomic mass is 10.2. The van der Waals surface area contributed by atoms with Gasteiger partial charge in [0.1, 0.15) is 0 Å². The maximum absolute atomic E-state index is 11.9. The van der Waals surface area contributed by atoms with Gasteiger partial charge in [-0.25, -0.2) is 0 Å². The van der Waals surface area contributed by atoms with Crippen LogP contribution in [-0.2, 0) is 0 Å². The average molecular weight is 353 g/mol. The Labute approximate surface area is 133 Å². The van der Waals surface area contributed by atoms with Crippen molar-refractivity contribution in [3.63, 3.8) is 0 Å². The highest BCUT2D eigenvalue weighted by Gasteiger charge is 2.14. The Morgan fingerprint density at radius 1 is 1.38 bits per heavy atom. The highest BCUT2D eigenvalue weighted by atomic mass is 79.9. The molecule has 1 aliphatic carbocycles. The molecule has 0 radical (unpaired) electrons. The lowest BCUT2D eigenvalue weighted by Crippen LogP contribution is -2.39. The summed E-state index contributed by atoms with van der Waals surface area (Å²) in [5.41, 5.74) is 6.45. The maximum Gasteiger partial charge on any atom is 0.251 e. The van der Waals surface area contributed by atoms with Crippen molar-refractivity contribution in [2.24, 2.45) is 10.7 Å². The standard InChI is InChI=1S/C15H21BrN4O/c16-12-5-3-4-11(10-12)14(21)18-8-9-19-15(17)20-13-6-1-2-7-13/h3-5,10,13H,1-2,6-9H2,(H,18,21)(H3,17,19,20). The predicted molar refractivity (Wildman–Crippen MR) is 88.4 cm³/mol. The molecular formula is C15H21BrN4O. The number of hydrogen-bond acceptors (Lipinski definition) is 2. The first-order valence-electron chi connectivity index (χ1n) is 7.25. The van der Waals surface area contributed by atoms with Gasteiger partial charge in [-0.3, -0.25) is 9.79 Å². The zero-order valence-corrected chi connectivity index (χ0v) is 13.5. The normalized spacial score (nSPS) is 16.0. The maximum atomic E-state index is 11.9. The molecular weight excluding hydrogens is 332 g/mol. The number of amides is 1. The van der Waals surface area contributed by atoms with Gasteiger partial charge >= 0.3 is 0 Å². The van der Waals surface area contributed by atoms with Gasteiger partial charge in [0.2, 0.25) is 0 Å². The highest BCUT2D eigenvalue weighted by molar-refractivity contribution is 9.10. The summed E-state index contributed by atoms with van der Waals surface area (Å²) in [6.45, 7) is 0.948. The van der Waals surface area contributed by atoms with Crippen LogP contribution in [0.2, 0.25) is 0 Å². The summed E-state index contributed by atoms with van der Waals surface area (Å²) in [5, 5.41) is 6.04. The number of carbonyl (C=O) groups is 1. The fraction of sp³-hybridized carbons (Fsp3) is 0.467. The van der Waals surface area contributed by atoms with E-state index in [2.05, 4.69) is 31.6 Å². The van der Waals surface area contributed by atoms with Gasteiger partial charge in [-0.05, 0) is 31.0 Å². The van der Waals surface area contributed by atoms with Crippen LogP contribution in [-0.4, -0.2) is 31.0 Å². The Bertz CT molecular complexity index is 512. The van der Waals surface area contributed by atoms with Crippen LogP contribution in [0.25, 0.3) is 0 Å². The number of benzene rings is 1. The molecule has 1 aromatic rings. The Hall–Kier alpha value is -1.56. The molecule has 0 aromatic heterocycles. The monoisotopic (exact) mass is 352 g/mol. The molecule has 0 bridgehead atoms. The smallest absolute Gasteiger partial charge is 0.251 e. The van der Waals surface area contributed by atoms with Crippen LogP contribution in [0.5, 0.6) is 0 Å². The molecule has 0 unspecified atom stereocenters. The second kappa shape index (κ2) is 8.02. The van der Waals surface area contributed by atoms with Crippen LogP contribution >= 0.6 is 15.9 Å². The van der Waals surface area contributed by atoms with Crippen molar-refractivity contribution < 1.29 is 4.79 Å². The van der Waals surface area contributed by atoms with Crippen molar-refractivity contribution in [3.05, 3.63) is 34.3 Å². The third-order valence-corrected chi connectivity index (χ3v) is 3.97. The number of aliphatic imine (C=N–C) groups is 1. The van der Waals surface area contributed by atoms with E-state index < -0.39 is 0 Å². The first-order valence-corrected chi connectivity index (χ1v) is 8.04. The summed E-state index contributed by atoms with van der Waals surface area (Å²) < 4.78 is 0.887. The molecule has 6 heteroatoms. The third-order valence-electron chi connectivity index (χ3n) is 3.47. The van der Waals surface area contributed by atoms with Crippen LogP contribution in [0.15, 0.2) is 33.7 Å². The zero-order valence-electron chi connectivity index (χ0n) is 11.9. The van der Waals surface area contributed by atoms with E-state index in [1.807, 2.05) is 12.1 Å². The summed E-state index contributed by atoms with van der Waals surface area (Å²) >= 11 is 3.35. The highest BCUT2D eigenvalue weighted by Crippen LogP contribution is 2.17. The fourth-order valence-electron chi connectivity index (χ4n) is 2.40. The number of nitrogens with zero attached hydrogens (tertiary/aromatic N) is 1. The molecule has 21 heavy (non-hydrogen) atoms. The van der Waals surface area contributed by atoms with Gasteiger partial charge in [-0.2, -0.15) is 0 Å². The minimum absolute atomic E-state index is 0.103. The van der Waals surface area contributed by atoms with E-state index in [1.54, 1.807) is 12.1 Å². The molecule has 2 rings (SSSR count). The minimum atomic E-state index is -0.103. The number of guanidine groups is 1. The van der Waals surface area contributed by atoms with Gasteiger partial charge < -0.3 is 16.4 Å². The lowest BCUT2D eigenvalue weighted by Gasteiger charge is -2.12. The van der Waals surface area contributed by atoms with E-state index in [9.17, 15) is 4.79 Å². The van der Waals surface area contributed by atoms with Gasteiger partial charge in [0.25, 0.3) is 5.91 Å². The zero-order chi connectivity index (χ0) is 15.1. The first kappa shape index (κ1) is 15.8. The quantitative estimate of drug-likeness (QED) is 0.431. The number of rotatable bonds is 5. The van der Waals surface area contributed by atoms with Crippen LogP contribution in [0.4, 0.5) is 0 Å². The Kier molecular flexibility index (Phi) is 6.04. The number of halogens is 1. The van der Waals surface area contributed by atoms with Gasteiger partial charge in [0, 0.05) is 22.6 Å². The molecule has 5 nitrogen and oxygen atoms in total. The fourth-order valence-corrected chi connectivity index (χ4v) is 2.80. The third kappa shape index (κ3) is 5.38. The van der Waals surface area contributed by atoms with Crippen molar-refractivity contribution in [2.75, 3.05) is 13.1 Å². The molecule has 0 aliphatic heterocycles. The Balaban J connectivity index is 1.70. The van der Waals surface area contributed by atoms with Crippen LogP contribution in [0, 0.1) is 0 Å². The van der Waals surface area contributed by atoms with Crippen molar-refractivity contribution >= 4 is 27.8 Å². The largest absolute Gasteiger partial charge is 0.370 e. The van der Waals surface area contributed by atoms with Crippen LogP contribution in [0.3, 0.4) is 0 Å². The number of carbonyl (C=O) groups excluding carboxylic acids is 1. The van der Waals surface area contributed by atoms with Crippen molar-refractivity contribution in [1.29, 1.82) is 0 Å². The van der Waals surface area contributed by atoms with Crippen molar-refractivity contribution in [3.8, 4) is 0 Å². The number of nitrogens with two attached hydrogens (primary N) is 1. The molecule has 0 saturated heterocycles. The second-order valence-corrected chi connectivity index (χ2v) is 6.07. The topological polar surface area (TPSA) is 79.5 Å². The summed E-state index contributed by atoms with van der Waals surface area (Å²) in [6.07, 6.45) is 4.84. The van der Waals surface area contributed by atoms with Gasteiger partial charge in [-0.15, -0.1) is 0 Å². The Morgan fingerprint density at radius 2 is 2.14 bits per heavy atom. The lowest BCUT2D eigenvalue weighted by molar-refractivity contribution is 0.0954. The predicted octanol–water partition coefficient (Wildman–Crippen LogP) is 2.03. The molecule has 1 saturated carbocycles. The molecule has 1 fully saturated rings. The van der Waals surface area contributed by atoms with E-state index in [4.69, 9.17) is 5.73 Å². The summed E-state index contributed by atoms with van der Waals surface area (Å²) in [7, 11) is 0. The Morgan fingerprint density at radius 3 is 2.86 bits per heavy atom. The molecule has 114 valence electrons. The molecule has 1 aliphatic rings. The molecule has 0 heterocycles. The van der Waals surface area contributed by atoms with E-state index in [0.29, 0.717) is 30.7 Å². The molecule has 1 amide bonds. The molecule has 1 aromatic carbocycles. The summed E-state index contributed by atoms with van der Waals surface area (Å²) in [4.78, 5) is 16.1.